The molecule has 1 aliphatic heterocycles. The van der Waals surface area contributed by atoms with E-state index < -0.39 is 0 Å². The Balaban J connectivity index is 1.86. The second-order valence-corrected chi connectivity index (χ2v) is 5.63. The minimum atomic E-state index is -0.155. The second-order valence-electron chi connectivity index (χ2n) is 5.63. The summed E-state index contributed by atoms with van der Waals surface area (Å²) in [5.74, 6) is 0. The van der Waals surface area contributed by atoms with Crippen molar-refractivity contribution < 1.29 is 4.74 Å². The first kappa shape index (κ1) is 14.5. The zero-order chi connectivity index (χ0) is 12.6. The van der Waals surface area contributed by atoms with Crippen LogP contribution in [0.3, 0.4) is 0 Å². The third kappa shape index (κ3) is 6.65. The number of nitrogens with zero attached hydrogens (tertiary/aromatic N) is 1. The minimum absolute atomic E-state index is 0.155. The summed E-state index contributed by atoms with van der Waals surface area (Å²) in [6, 6.07) is 2.34. The highest BCUT2D eigenvalue weighted by Gasteiger charge is 2.15. The molecule has 1 N–H and O–H groups in total. The predicted octanol–water partition coefficient (Wildman–Crippen LogP) is 2.87. The van der Waals surface area contributed by atoms with E-state index in [1.54, 1.807) is 0 Å². The van der Waals surface area contributed by atoms with Crippen LogP contribution in [0, 0.1) is 16.7 Å². The smallest absolute Gasteiger partial charge is 0.0683 e. The monoisotopic (exact) mass is 238 g/mol. The number of nitriles is 1. The minimum Gasteiger partial charge on any atom is -0.378 e. The molecule has 0 bridgehead atoms. The van der Waals surface area contributed by atoms with Crippen LogP contribution in [-0.4, -0.2) is 25.8 Å². The number of nitrogens with one attached hydrogen (secondary N) is 1. The molecule has 98 valence electrons. The van der Waals surface area contributed by atoms with Gasteiger partial charge in [0, 0.05) is 6.61 Å². The molecule has 3 nitrogen and oxygen atoms in total. The zero-order valence-corrected chi connectivity index (χ0v) is 11.3. The van der Waals surface area contributed by atoms with Gasteiger partial charge in [-0.15, -0.1) is 0 Å². The van der Waals surface area contributed by atoms with Crippen molar-refractivity contribution in [3.63, 3.8) is 0 Å². The molecule has 0 aromatic carbocycles. The Kier molecular flexibility index (Phi) is 6.54. The molecule has 1 aliphatic rings. The van der Waals surface area contributed by atoms with Crippen LogP contribution in [-0.2, 0) is 4.74 Å². The van der Waals surface area contributed by atoms with Gasteiger partial charge in [-0.05, 0) is 59.0 Å². The maximum atomic E-state index is 8.88. The lowest BCUT2D eigenvalue weighted by atomic mass is 9.89. The summed E-state index contributed by atoms with van der Waals surface area (Å²) >= 11 is 0. The molecule has 1 saturated heterocycles. The molecule has 0 radical (unpaired) electrons. The van der Waals surface area contributed by atoms with Crippen LogP contribution < -0.4 is 5.32 Å². The summed E-state index contributed by atoms with van der Waals surface area (Å²) in [7, 11) is 0. The Hall–Kier alpha value is -0.590. The maximum absolute atomic E-state index is 8.88. The van der Waals surface area contributed by atoms with E-state index in [-0.39, 0.29) is 5.41 Å². The Morgan fingerprint density at radius 3 is 2.82 bits per heavy atom. The molecule has 0 spiro atoms. The van der Waals surface area contributed by atoms with Gasteiger partial charge in [-0.25, -0.2) is 0 Å². The molecular weight excluding hydrogens is 212 g/mol. The average Bonchev–Trinajstić information content (AvgIpc) is 2.81. The highest BCUT2D eigenvalue weighted by atomic mass is 16.5. The first-order chi connectivity index (χ1) is 8.14. The van der Waals surface area contributed by atoms with E-state index in [0.717, 1.165) is 45.4 Å². The Morgan fingerprint density at radius 2 is 2.18 bits per heavy atom. The Morgan fingerprint density at radius 1 is 1.35 bits per heavy atom. The average molecular weight is 238 g/mol. The lowest BCUT2D eigenvalue weighted by Gasteiger charge is -2.14. The first-order valence-corrected chi connectivity index (χ1v) is 6.88. The van der Waals surface area contributed by atoms with Gasteiger partial charge in [0.25, 0.3) is 0 Å². The van der Waals surface area contributed by atoms with E-state index in [2.05, 4.69) is 11.4 Å². The molecule has 17 heavy (non-hydrogen) atoms. The number of ether oxygens (including phenoxy) is 1. The molecular formula is C14H26N2O. The summed E-state index contributed by atoms with van der Waals surface area (Å²) in [5.41, 5.74) is -0.155. The molecule has 0 amide bonds. The number of hydrogen-bond donors (Lipinski definition) is 1. The molecule has 0 aliphatic carbocycles. The fraction of sp³-hybridized carbons (Fsp3) is 0.929. The van der Waals surface area contributed by atoms with Crippen molar-refractivity contribution in [2.45, 2.75) is 58.5 Å². The van der Waals surface area contributed by atoms with E-state index in [4.69, 9.17) is 10.00 Å². The highest BCUT2D eigenvalue weighted by Crippen LogP contribution is 2.21. The predicted molar refractivity (Wildman–Crippen MR) is 69.7 cm³/mol. The van der Waals surface area contributed by atoms with Crippen molar-refractivity contribution in [1.82, 2.24) is 5.32 Å². The summed E-state index contributed by atoms with van der Waals surface area (Å²) < 4.78 is 5.56. The van der Waals surface area contributed by atoms with Crippen LogP contribution in [0.1, 0.15) is 52.4 Å². The van der Waals surface area contributed by atoms with Crippen molar-refractivity contribution in [3.8, 4) is 6.07 Å². The normalized spacial score (nSPS) is 20.4. The second kappa shape index (κ2) is 7.68. The van der Waals surface area contributed by atoms with Gasteiger partial charge in [-0.3, -0.25) is 0 Å². The van der Waals surface area contributed by atoms with E-state index >= 15 is 0 Å². The van der Waals surface area contributed by atoms with Crippen molar-refractivity contribution in [1.29, 1.82) is 5.26 Å². The van der Waals surface area contributed by atoms with Gasteiger partial charge in [0.1, 0.15) is 0 Å². The van der Waals surface area contributed by atoms with Gasteiger partial charge >= 0.3 is 0 Å². The molecule has 1 rings (SSSR count). The summed E-state index contributed by atoms with van der Waals surface area (Å²) in [6.07, 6.45) is 7.40. The lowest BCUT2D eigenvalue weighted by Crippen LogP contribution is -2.21. The first-order valence-electron chi connectivity index (χ1n) is 6.88. The molecule has 0 saturated carbocycles. The maximum Gasteiger partial charge on any atom is 0.0683 e. The van der Waals surface area contributed by atoms with Crippen molar-refractivity contribution in [2.24, 2.45) is 5.41 Å². The van der Waals surface area contributed by atoms with Crippen LogP contribution in [0.5, 0.6) is 0 Å². The third-order valence-electron chi connectivity index (χ3n) is 3.38. The standard InChI is InChI=1S/C14H26N2O/c1-14(2,12-15)8-3-4-9-16-10-7-13-6-5-11-17-13/h13,16H,3-11H2,1-2H3. The van der Waals surface area contributed by atoms with Crippen LogP contribution in [0.2, 0.25) is 0 Å². The van der Waals surface area contributed by atoms with E-state index in [1.165, 1.54) is 12.8 Å². The topological polar surface area (TPSA) is 45.0 Å². The van der Waals surface area contributed by atoms with Crippen molar-refractivity contribution >= 4 is 0 Å². The zero-order valence-electron chi connectivity index (χ0n) is 11.3. The van der Waals surface area contributed by atoms with E-state index in [9.17, 15) is 0 Å². The molecule has 1 fully saturated rings. The van der Waals surface area contributed by atoms with Gasteiger partial charge in [0.2, 0.25) is 0 Å². The fourth-order valence-electron chi connectivity index (χ4n) is 2.13. The van der Waals surface area contributed by atoms with Crippen LogP contribution in [0.25, 0.3) is 0 Å². The highest BCUT2D eigenvalue weighted by molar-refractivity contribution is 4.91. The SMILES string of the molecule is CC(C)(C#N)CCCCNCCC1CCCO1. The molecule has 1 atom stereocenters. The largest absolute Gasteiger partial charge is 0.378 e. The van der Waals surface area contributed by atoms with Gasteiger partial charge < -0.3 is 10.1 Å². The number of unbranched alkanes of at least 4 members (excludes halogenated alkanes) is 1. The quantitative estimate of drug-likeness (QED) is 0.661. The summed E-state index contributed by atoms with van der Waals surface area (Å²) in [5, 5.41) is 12.3. The van der Waals surface area contributed by atoms with Crippen molar-refractivity contribution in [2.75, 3.05) is 19.7 Å². The number of hydrogen-bond acceptors (Lipinski definition) is 3. The van der Waals surface area contributed by atoms with Gasteiger partial charge in [0.15, 0.2) is 0 Å². The molecule has 0 aromatic rings. The van der Waals surface area contributed by atoms with Gasteiger partial charge in [-0.1, -0.05) is 6.42 Å². The van der Waals surface area contributed by atoms with Gasteiger partial charge in [0.05, 0.1) is 17.6 Å². The van der Waals surface area contributed by atoms with E-state index in [0.29, 0.717) is 6.10 Å². The van der Waals surface area contributed by atoms with Crippen LogP contribution in [0.15, 0.2) is 0 Å². The van der Waals surface area contributed by atoms with Gasteiger partial charge in [-0.2, -0.15) is 5.26 Å². The lowest BCUT2D eigenvalue weighted by molar-refractivity contribution is 0.104. The van der Waals surface area contributed by atoms with Crippen LogP contribution >= 0.6 is 0 Å². The Labute approximate surface area is 106 Å². The third-order valence-corrected chi connectivity index (χ3v) is 3.38. The number of rotatable bonds is 8. The molecule has 1 heterocycles. The molecule has 1 unspecified atom stereocenters. The van der Waals surface area contributed by atoms with Crippen molar-refractivity contribution in [3.05, 3.63) is 0 Å². The fourth-order valence-corrected chi connectivity index (χ4v) is 2.13. The summed E-state index contributed by atoms with van der Waals surface area (Å²) in [4.78, 5) is 0. The molecule has 0 aromatic heterocycles. The van der Waals surface area contributed by atoms with Crippen LogP contribution in [0.4, 0.5) is 0 Å². The summed E-state index contributed by atoms with van der Waals surface area (Å²) in [6.45, 7) is 7.10. The Bertz CT molecular complexity index is 239. The molecule has 3 heteroatoms. The van der Waals surface area contributed by atoms with E-state index in [1.807, 2.05) is 13.8 Å².